The molecular formula is C20H28ClN5. The Morgan fingerprint density at radius 3 is 2.65 bits per heavy atom. The van der Waals surface area contributed by atoms with Gasteiger partial charge in [-0.3, -0.25) is 9.80 Å². The molecule has 0 aliphatic carbocycles. The number of nitrogens with zero attached hydrogens (tertiary/aromatic N) is 5. The maximum absolute atomic E-state index is 6.14. The third kappa shape index (κ3) is 4.11. The lowest BCUT2D eigenvalue weighted by Gasteiger charge is -2.32. The van der Waals surface area contributed by atoms with Gasteiger partial charge in [-0.2, -0.15) is 0 Å². The van der Waals surface area contributed by atoms with E-state index in [9.17, 15) is 0 Å². The third-order valence-electron chi connectivity index (χ3n) is 5.73. The molecule has 0 radical (unpaired) electrons. The smallest absolute Gasteiger partial charge is 0.146 e. The van der Waals surface area contributed by atoms with Crippen LogP contribution in [0.3, 0.4) is 0 Å². The normalized spacial score (nSPS) is 22.2. The first-order chi connectivity index (χ1) is 12.7. The Morgan fingerprint density at radius 1 is 1.04 bits per heavy atom. The number of halogens is 1. The monoisotopic (exact) mass is 373 g/mol. The van der Waals surface area contributed by atoms with E-state index in [0.29, 0.717) is 5.92 Å². The van der Waals surface area contributed by atoms with Crippen molar-refractivity contribution in [1.82, 2.24) is 24.6 Å². The highest BCUT2D eigenvalue weighted by Gasteiger charge is 2.26. The van der Waals surface area contributed by atoms with Crippen molar-refractivity contribution < 1.29 is 0 Å². The SMILES string of the molecule is Cn1c(CN2CCCC2)nnc1[C@H]1CCCN(Cc2cccc(Cl)c2)C1. The minimum Gasteiger partial charge on any atom is -0.317 e. The Bertz CT molecular complexity index is 738. The number of aromatic nitrogens is 3. The minimum atomic E-state index is 0.466. The van der Waals surface area contributed by atoms with Crippen LogP contribution < -0.4 is 0 Å². The Balaban J connectivity index is 1.41. The maximum Gasteiger partial charge on any atom is 0.146 e. The van der Waals surface area contributed by atoms with Crippen molar-refractivity contribution in [1.29, 1.82) is 0 Å². The fourth-order valence-corrected chi connectivity index (χ4v) is 4.53. The first-order valence-corrected chi connectivity index (χ1v) is 10.1. The summed E-state index contributed by atoms with van der Waals surface area (Å²) in [6.07, 6.45) is 5.03. The van der Waals surface area contributed by atoms with Crippen molar-refractivity contribution in [3.05, 3.63) is 46.5 Å². The highest BCUT2D eigenvalue weighted by Crippen LogP contribution is 2.27. The molecule has 2 aliphatic rings. The topological polar surface area (TPSA) is 37.2 Å². The Kier molecular flexibility index (Phi) is 5.57. The van der Waals surface area contributed by atoms with Gasteiger partial charge in [0.05, 0.1) is 6.54 Å². The molecule has 2 aliphatic heterocycles. The molecule has 0 amide bonds. The molecule has 0 saturated carbocycles. The number of benzene rings is 1. The van der Waals surface area contributed by atoms with E-state index < -0.39 is 0 Å². The minimum absolute atomic E-state index is 0.466. The second kappa shape index (κ2) is 8.07. The lowest BCUT2D eigenvalue weighted by atomic mass is 9.96. The maximum atomic E-state index is 6.14. The number of hydrogen-bond donors (Lipinski definition) is 0. The first kappa shape index (κ1) is 18.0. The van der Waals surface area contributed by atoms with Crippen LogP contribution in [-0.2, 0) is 20.1 Å². The third-order valence-corrected chi connectivity index (χ3v) is 5.96. The van der Waals surface area contributed by atoms with E-state index in [4.69, 9.17) is 11.6 Å². The number of likely N-dealkylation sites (tertiary alicyclic amines) is 2. The van der Waals surface area contributed by atoms with E-state index in [1.54, 1.807) is 0 Å². The van der Waals surface area contributed by atoms with E-state index in [2.05, 4.69) is 43.7 Å². The molecule has 0 unspecified atom stereocenters. The predicted octanol–water partition coefficient (Wildman–Crippen LogP) is 3.44. The molecule has 2 saturated heterocycles. The quantitative estimate of drug-likeness (QED) is 0.804. The summed E-state index contributed by atoms with van der Waals surface area (Å²) in [6.45, 7) is 6.46. The molecule has 0 spiro atoms. The van der Waals surface area contributed by atoms with Gasteiger partial charge in [0.1, 0.15) is 11.6 Å². The summed E-state index contributed by atoms with van der Waals surface area (Å²) >= 11 is 6.14. The highest BCUT2D eigenvalue weighted by molar-refractivity contribution is 6.30. The molecule has 5 nitrogen and oxygen atoms in total. The summed E-state index contributed by atoms with van der Waals surface area (Å²) in [5.41, 5.74) is 1.28. The summed E-state index contributed by atoms with van der Waals surface area (Å²) < 4.78 is 2.24. The van der Waals surface area contributed by atoms with Crippen LogP contribution in [0.5, 0.6) is 0 Å². The molecule has 2 aromatic rings. The summed E-state index contributed by atoms with van der Waals surface area (Å²) in [4.78, 5) is 5.01. The molecule has 1 aromatic carbocycles. The fraction of sp³-hybridized carbons (Fsp3) is 0.600. The number of piperidine rings is 1. The molecule has 3 heterocycles. The largest absolute Gasteiger partial charge is 0.317 e. The lowest BCUT2D eigenvalue weighted by molar-refractivity contribution is 0.195. The van der Waals surface area contributed by atoms with Gasteiger partial charge in [0, 0.05) is 31.1 Å². The van der Waals surface area contributed by atoms with Gasteiger partial charge in [0.15, 0.2) is 0 Å². The van der Waals surface area contributed by atoms with Gasteiger partial charge in [0.25, 0.3) is 0 Å². The first-order valence-electron chi connectivity index (χ1n) is 9.76. The van der Waals surface area contributed by atoms with E-state index in [0.717, 1.165) is 42.9 Å². The van der Waals surface area contributed by atoms with Crippen LogP contribution in [0.25, 0.3) is 0 Å². The average molecular weight is 374 g/mol. The molecule has 4 rings (SSSR count). The van der Waals surface area contributed by atoms with Gasteiger partial charge < -0.3 is 4.57 Å². The van der Waals surface area contributed by atoms with E-state index in [1.807, 2.05) is 12.1 Å². The Morgan fingerprint density at radius 2 is 1.85 bits per heavy atom. The molecule has 1 atom stereocenters. The summed E-state index contributed by atoms with van der Waals surface area (Å²) in [7, 11) is 2.14. The summed E-state index contributed by atoms with van der Waals surface area (Å²) in [6, 6.07) is 8.20. The Hall–Kier alpha value is -1.43. The van der Waals surface area contributed by atoms with Gasteiger partial charge in [-0.25, -0.2) is 0 Å². The van der Waals surface area contributed by atoms with Crippen LogP contribution in [0.15, 0.2) is 24.3 Å². The zero-order valence-corrected chi connectivity index (χ0v) is 16.3. The molecule has 0 N–H and O–H groups in total. The van der Waals surface area contributed by atoms with Crippen molar-refractivity contribution in [3.63, 3.8) is 0 Å². The average Bonchev–Trinajstić information content (AvgIpc) is 3.26. The van der Waals surface area contributed by atoms with Gasteiger partial charge in [-0.15, -0.1) is 10.2 Å². The van der Waals surface area contributed by atoms with Crippen molar-refractivity contribution >= 4 is 11.6 Å². The van der Waals surface area contributed by atoms with E-state index in [-0.39, 0.29) is 0 Å². The molecule has 2 fully saturated rings. The van der Waals surface area contributed by atoms with Gasteiger partial charge in [-0.1, -0.05) is 23.7 Å². The van der Waals surface area contributed by atoms with Crippen LogP contribution in [-0.4, -0.2) is 50.7 Å². The van der Waals surface area contributed by atoms with Crippen LogP contribution in [0.1, 0.15) is 48.8 Å². The zero-order valence-electron chi connectivity index (χ0n) is 15.6. The van der Waals surface area contributed by atoms with Crippen LogP contribution in [0.4, 0.5) is 0 Å². The van der Waals surface area contributed by atoms with Gasteiger partial charge >= 0.3 is 0 Å². The molecule has 1 aromatic heterocycles. The van der Waals surface area contributed by atoms with Crippen LogP contribution >= 0.6 is 11.6 Å². The van der Waals surface area contributed by atoms with Crippen molar-refractivity contribution in [2.24, 2.45) is 7.05 Å². The molecule has 140 valence electrons. The molecule has 6 heteroatoms. The van der Waals surface area contributed by atoms with E-state index >= 15 is 0 Å². The predicted molar refractivity (Wildman–Crippen MR) is 104 cm³/mol. The van der Waals surface area contributed by atoms with Crippen molar-refractivity contribution in [2.75, 3.05) is 26.2 Å². The van der Waals surface area contributed by atoms with Crippen molar-refractivity contribution in [3.8, 4) is 0 Å². The second-order valence-electron chi connectivity index (χ2n) is 7.72. The second-order valence-corrected chi connectivity index (χ2v) is 8.16. The van der Waals surface area contributed by atoms with Crippen LogP contribution in [0, 0.1) is 0 Å². The fourth-order valence-electron chi connectivity index (χ4n) is 4.31. The van der Waals surface area contributed by atoms with Gasteiger partial charge in [0.2, 0.25) is 0 Å². The highest BCUT2D eigenvalue weighted by atomic mass is 35.5. The molecule has 26 heavy (non-hydrogen) atoms. The Labute approximate surface area is 161 Å². The van der Waals surface area contributed by atoms with Crippen LogP contribution in [0.2, 0.25) is 5.02 Å². The molecular weight excluding hydrogens is 346 g/mol. The standard InChI is InChI=1S/C20H28ClN5/c1-24-19(15-25-9-2-3-10-25)22-23-20(24)17-7-5-11-26(14-17)13-16-6-4-8-18(21)12-16/h4,6,8,12,17H,2-3,5,7,9-11,13-15H2,1H3/t17-/m0/s1. The summed E-state index contributed by atoms with van der Waals surface area (Å²) in [5.74, 6) is 2.72. The van der Waals surface area contributed by atoms with E-state index in [1.165, 1.54) is 44.3 Å². The molecule has 0 bridgehead atoms. The number of rotatable bonds is 5. The summed E-state index contributed by atoms with van der Waals surface area (Å²) in [5, 5.41) is 9.90. The number of hydrogen-bond acceptors (Lipinski definition) is 4. The zero-order chi connectivity index (χ0) is 17.9. The van der Waals surface area contributed by atoms with Crippen molar-refractivity contribution in [2.45, 2.75) is 44.7 Å². The van der Waals surface area contributed by atoms with Gasteiger partial charge in [-0.05, 0) is 63.0 Å². The lowest BCUT2D eigenvalue weighted by Crippen LogP contribution is -2.35.